The van der Waals surface area contributed by atoms with Crippen LogP contribution in [0.2, 0.25) is 0 Å². The van der Waals surface area contributed by atoms with Crippen molar-refractivity contribution in [1.29, 1.82) is 0 Å². The molecule has 0 atom stereocenters. The molecule has 5 nitrogen and oxygen atoms in total. The Morgan fingerprint density at radius 2 is 1.67 bits per heavy atom. The van der Waals surface area contributed by atoms with Crippen molar-refractivity contribution in [2.24, 2.45) is 0 Å². The number of aromatic nitrogens is 3. The molecule has 0 fully saturated rings. The third kappa shape index (κ3) is 4.75. The second-order valence-corrected chi connectivity index (χ2v) is 8.23. The monoisotopic (exact) mass is 432 g/mol. The molecule has 0 aliphatic carbocycles. The Balaban J connectivity index is 1.55. The maximum absolute atomic E-state index is 12.5. The molecule has 1 amide bonds. The average Bonchev–Trinajstić information content (AvgIpc) is 3.23. The van der Waals surface area contributed by atoms with Gasteiger partial charge < -0.3 is 5.32 Å². The Labute approximate surface area is 183 Å². The number of carbonyl (C=O) groups is 1. The Bertz CT molecular complexity index is 1130. The van der Waals surface area contributed by atoms with Crippen LogP contribution in [0.5, 0.6) is 0 Å². The summed E-state index contributed by atoms with van der Waals surface area (Å²) < 4.78 is 1.99. The number of amides is 1. The lowest BCUT2D eigenvalue weighted by atomic mass is 10.2. The lowest BCUT2D eigenvalue weighted by molar-refractivity contribution is -0.113. The predicted molar refractivity (Wildman–Crippen MR) is 124 cm³/mol. The van der Waals surface area contributed by atoms with Gasteiger partial charge in [0.25, 0.3) is 0 Å². The number of benzene rings is 3. The van der Waals surface area contributed by atoms with Crippen molar-refractivity contribution >= 4 is 35.1 Å². The van der Waals surface area contributed by atoms with E-state index in [1.165, 1.54) is 11.8 Å². The van der Waals surface area contributed by atoms with Crippen LogP contribution in [0, 0.1) is 0 Å². The van der Waals surface area contributed by atoms with E-state index in [0.29, 0.717) is 5.16 Å². The van der Waals surface area contributed by atoms with Gasteiger partial charge in [0.15, 0.2) is 11.0 Å². The molecule has 4 rings (SSSR count). The smallest absolute Gasteiger partial charge is 0.234 e. The molecule has 0 aliphatic heterocycles. The summed E-state index contributed by atoms with van der Waals surface area (Å²) in [6.45, 7) is 0. The van der Waals surface area contributed by atoms with Gasteiger partial charge in [-0.15, -0.1) is 22.0 Å². The average molecular weight is 433 g/mol. The molecule has 0 bridgehead atoms. The molecule has 3 aromatic carbocycles. The van der Waals surface area contributed by atoms with Crippen LogP contribution < -0.4 is 5.32 Å². The van der Waals surface area contributed by atoms with E-state index in [0.717, 1.165) is 27.7 Å². The standard InChI is InChI=1S/C23H20N4OS2/c1-29-20-14-8-11-18(15-20)24-21(28)16-30-23-26-25-22(17-9-4-2-5-10-17)27(23)19-12-6-3-7-13-19/h2-15H,16H2,1H3,(H,24,28). The highest BCUT2D eigenvalue weighted by Crippen LogP contribution is 2.28. The number of nitrogens with zero attached hydrogens (tertiary/aromatic N) is 3. The molecule has 0 aliphatic rings. The van der Waals surface area contributed by atoms with Crippen LogP contribution in [0.25, 0.3) is 17.1 Å². The highest BCUT2D eigenvalue weighted by molar-refractivity contribution is 7.99. The van der Waals surface area contributed by atoms with Crippen molar-refractivity contribution in [2.75, 3.05) is 17.3 Å². The molecule has 0 saturated carbocycles. The summed E-state index contributed by atoms with van der Waals surface area (Å²) in [5.41, 5.74) is 2.72. The fourth-order valence-electron chi connectivity index (χ4n) is 2.98. The molecular weight excluding hydrogens is 412 g/mol. The van der Waals surface area contributed by atoms with Crippen molar-refractivity contribution in [2.45, 2.75) is 10.1 Å². The van der Waals surface area contributed by atoms with Gasteiger partial charge in [-0.2, -0.15) is 0 Å². The lowest BCUT2D eigenvalue weighted by Crippen LogP contribution is -2.14. The van der Waals surface area contributed by atoms with Gasteiger partial charge in [0.05, 0.1) is 5.75 Å². The maximum Gasteiger partial charge on any atom is 0.234 e. The van der Waals surface area contributed by atoms with Crippen molar-refractivity contribution in [3.63, 3.8) is 0 Å². The van der Waals surface area contributed by atoms with E-state index in [1.54, 1.807) is 11.8 Å². The zero-order chi connectivity index (χ0) is 20.8. The highest BCUT2D eigenvalue weighted by Gasteiger charge is 2.17. The van der Waals surface area contributed by atoms with E-state index < -0.39 is 0 Å². The Morgan fingerprint density at radius 1 is 0.933 bits per heavy atom. The Kier molecular flexibility index (Phi) is 6.51. The largest absolute Gasteiger partial charge is 0.325 e. The Morgan fingerprint density at radius 3 is 2.40 bits per heavy atom. The van der Waals surface area contributed by atoms with Crippen molar-refractivity contribution in [1.82, 2.24) is 14.8 Å². The van der Waals surface area contributed by atoms with Crippen LogP contribution in [0.15, 0.2) is 95.0 Å². The van der Waals surface area contributed by atoms with Gasteiger partial charge in [0, 0.05) is 21.8 Å². The first-order valence-corrected chi connectivity index (χ1v) is 11.6. The van der Waals surface area contributed by atoms with E-state index in [4.69, 9.17) is 0 Å². The molecule has 1 aromatic heterocycles. The zero-order valence-corrected chi connectivity index (χ0v) is 18.0. The van der Waals surface area contributed by atoms with Crippen molar-refractivity contribution in [3.05, 3.63) is 84.9 Å². The van der Waals surface area contributed by atoms with Crippen molar-refractivity contribution in [3.8, 4) is 17.1 Å². The lowest BCUT2D eigenvalue weighted by Gasteiger charge is -2.10. The number of para-hydroxylation sites is 1. The molecule has 1 N–H and O–H groups in total. The molecule has 0 saturated heterocycles. The van der Waals surface area contributed by atoms with Gasteiger partial charge in [-0.1, -0.05) is 66.4 Å². The summed E-state index contributed by atoms with van der Waals surface area (Å²) in [6.07, 6.45) is 2.01. The number of thioether (sulfide) groups is 2. The summed E-state index contributed by atoms with van der Waals surface area (Å²) in [5, 5.41) is 12.4. The quantitative estimate of drug-likeness (QED) is 0.397. The predicted octanol–water partition coefficient (Wildman–Crippen LogP) is 5.39. The molecule has 0 radical (unpaired) electrons. The maximum atomic E-state index is 12.5. The number of hydrogen-bond acceptors (Lipinski definition) is 5. The molecule has 30 heavy (non-hydrogen) atoms. The molecule has 0 spiro atoms. The van der Waals surface area contributed by atoms with Gasteiger partial charge in [0.2, 0.25) is 5.91 Å². The third-order valence-corrected chi connectivity index (χ3v) is 6.02. The van der Waals surface area contributed by atoms with Gasteiger partial charge >= 0.3 is 0 Å². The fraction of sp³-hybridized carbons (Fsp3) is 0.0870. The Hall–Kier alpha value is -3.03. The zero-order valence-electron chi connectivity index (χ0n) is 16.4. The number of nitrogens with one attached hydrogen (secondary N) is 1. The fourth-order valence-corrected chi connectivity index (χ4v) is 4.19. The van der Waals surface area contributed by atoms with E-state index in [1.807, 2.05) is 95.8 Å². The second-order valence-electron chi connectivity index (χ2n) is 6.41. The van der Waals surface area contributed by atoms with Crippen LogP contribution in [-0.2, 0) is 4.79 Å². The molecule has 0 unspecified atom stereocenters. The van der Waals surface area contributed by atoms with Gasteiger partial charge in [0.1, 0.15) is 0 Å². The minimum Gasteiger partial charge on any atom is -0.325 e. The second kappa shape index (κ2) is 9.65. The van der Waals surface area contributed by atoms with Crippen molar-refractivity contribution < 1.29 is 4.79 Å². The SMILES string of the molecule is CSc1cccc(NC(=O)CSc2nnc(-c3ccccc3)n2-c2ccccc2)c1. The molecule has 150 valence electrons. The molecular formula is C23H20N4OS2. The van der Waals surface area contributed by atoms with Crippen LogP contribution >= 0.6 is 23.5 Å². The van der Waals surface area contributed by atoms with Crippen LogP contribution in [-0.4, -0.2) is 32.7 Å². The van der Waals surface area contributed by atoms with E-state index in [-0.39, 0.29) is 11.7 Å². The number of carbonyl (C=O) groups excluding carboxylic acids is 1. The first-order valence-electron chi connectivity index (χ1n) is 9.37. The minimum absolute atomic E-state index is 0.0814. The van der Waals surface area contributed by atoms with Gasteiger partial charge in [-0.25, -0.2) is 0 Å². The summed E-state index contributed by atoms with van der Waals surface area (Å²) in [4.78, 5) is 13.6. The number of anilines is 1. The molecule has 7 heteroatoms. The number of rotatable bonds is 7. The third-order valence-electron chi connectivity index (χ3n) is 4.37. The van der Waals surface area contributed by atoms with E-state index in [9.17, 15) is 4.79 Å². The van der Waals surface area contributed by atoms with E-state index >= 15 is 0 Å². The first-order chi connectivity index (χ1) is 14.7. The van der Waals surface area contributed by atoms with Crippen LogP contribution in [0.4, 0.5) is 5.69 Å². The van der Waals surface area contributed by atoms with Crippen LogP contribution in [0.3, 0.4) is 0 Å². The summed E-state index contributed by atoms with van der Waals surface area (Å²) in [5.74, 6) is 0.906. The number of hydrogen-bond donors (Lipinski definition) is 1. The van der Waals surface area contributed by atoms with E-state index in [2.05, 4.69) is 15.5 Å². The molecule has 1 heterocycles. The highest BCUT2D eigenvalue weighted by atomic mass is 32.2. The van der Waals surface area contributed by atoms with Crippen LogP contribution in [0.1, 0.15) is 0 Å². The molecule has 4 aromatic rings. The summed E-state index contributed by atoms with van der Waals surface area (Å²) in [6, 6.07) is 27.7. The van der Waals surface area contributed by atoms with Gasteiger partial charge in [-0.3, -0.25) is 9.36 Å². The minimum atomic E-state index is -0.0814. The normalized spacial score (nSPS) is 10.7. The summed E-state index contributed by atoms with van der Waals surface area (Å²) in [7, 11) is 0. The topological polar surface area (TPSA) is 59.8 Å². The first kappa shape index (κ1) is 20.3. The van der Waals surface area contributed by atoms with Gasteiger partial charge in [-0.05, 0) is 36.6 Å². The summed E-state index contributed by atoms with van der Waals surface area (Å²) >= 11 is 3.01.